The first kappa shape index (κ1) is 12.7. The van der Waals surface area contributed by atoms with Gasteiger partial charge < -0.3 is 5.73 Å². The van der Waals surface area contributed by atoms with Crippen molar-refractivity contribution in [2.45, 2.75) is 18.9 Å². The van der Waals surface area contributed by atoms with Gasteiger partial charge in [-0.2, -0.15) is 5.10 Å². The zero-order chi connectivity index (χ0) is 13.1. The van der Waals surface area contributed by atoms with Crippen LogP contribution in [0.4, 0.5) is 8.78 Å². The van der Waals surface area contributed by atoms with Crippen molar-refractivity contribution in [2.24, 2.45) is 12.8 Å². The summed E-state index contributed by atoms with van der Waals surface area (Å²) >= 11 is 0. The summed E-state index contributed by atoms with van der Waals surface area (Å²) in [7, 11) is 1.86. The van der Waals surface area contributed by atoms with Gasteiger partial charge in [-0.05, 0) is 36.6 Å². The number of halogens is 2. The SMILES string of the molecule is Cn1nccc1CCC(N)c1ccc(F)c(F)c1. The second-order valence-corrected chi connectivity index (χ2v) is 4.26. The Morgan fingerprint density at radius 1 is 1.28 bits per heavy atom. The number of hydrogen-bond donors (Lipinski definition) is 1. The third-order valence-electron chi connectivity index (χ3n) is 3.01. The van der Waals surface area contributed by atoms with Crippen molar-refractivity contribution in [3.05, 3.63) is 53.4 Å². The number of rotatable bonds is 4. The first-order valence-corrected chi connectivity index (χ1v) is 5.75. The predicted octanol–water partition coefficient (Wildman–Crippen LogP) is 2.33. The van der Waals surface area contributed by atoms with E-state index in [2.05, 4.69) is 5.10 Å². The van der Waals surface area contributed by atoms with E-state index in [-0.39, 0.29) is 6.04 Å². The van der Waals surface area contributed by atoms with Gasteiger partial charge in [0.05, 0.1) is 0 Å². The van der Waals surface area contributed by atoms with Gasteiger partial charge in [0.15, 0.2) is 11.6 Å². The molecule has 1 atom stereocenters. The van der Waals surface area contributed by atoms with Crippen molar-refractivity contribution >= 4 is 0 Å². The largest absolute Gasteiger partial charge is 0.324 e. The van der Waals surface area contributed by atoms with Gasteiger partial charge in [0.2, 0.25) is 0 Å². The molecule has 2 rings (SSSR count). The van der Waals surface area contributed by atoms with Gasteiger partial charge >= 0.3 is 0 Å². The highest BCUT2D eigenvalue weighted by atomic mass is 19.2. The van der Waals surface area contributed by atoms with E-state index in [1.54, 1.807) is 10.9 Å². The van der Waals surface area contributed by atoms with Crippen LogP contribution < -0.4 is 5.73 Å². The fraction of sp³-hybridized carbons (Fsp3) is 0.308. The van der Waals surface area contributed by atoms with Gasteiger partial charge in [0.1, 0.15) is 0 Å². The average Bonchev–Trinajstić information content (AvgIpc) is 2.75. The normalized spacial score (nSPS) is 12.7. The Bertz CT molecular complexity index is 537. The molecule has 1 unspecified atom stereocenters. The lowest BCUT2D eigenvalue weighted by molar-refractivity contribution is 0.503. The molecule has 0 radical (unpaired) electrons. The van der Waals surface area contributed by atoms with Crippen molar-refractivity contribution in [1.29, 1.82) is 0 Å². The fourth-order valence-corrected chi connectivity index (χ4v) is 1.86. The molecular formula is C13H15F2N3. The van der Waals surface area contributed by atoms with E-state index in [0.717, 1.165) is 24.2 Å². The van der Waals surface area contributed by atoms with Gasteiger partial charge in [-0.1, -0.05) is 6.07 Å². The summed E-state index contributed by atoms with van der Waals surface area (Å²) in [5.74, 6) is -1.71. The van der Waals surface area contributed by atoms with Crippen LogP contribution in [0.5, 0.6) is 0 Å². The highest BCUT2D eigenvalue weighted by Crippen LogP contribution is 2.18. The minimum atomic E-state index is -0.858. The third kappa shape index (κ3) is 2.73. The molecule has 1 aromatic heterocycles. The average molecular weight is 251 g/mol. The summed E-state index contributed by atoms with van der Waals surface area (Å²) in [5, 5.41) is 4.06. The van der Waals surface area contributed by atoms with Crippen LogP contribution in [-0.4, -0.2) is 9.78 Å². The van der Waals surface area contributed by atoms with E-state index in [4.69, 9.17) is 5.73 Å². The zero-order valence-electron chi connectivity index (χ0n) is 10.1. The highest BCUT2D eigenvalue weighted by Gasteiger charge is 2.10. The van der Waals surface area contributed by atoms with Gasteiger partial charge in [0, 0.05) is 25.0 Å². The lowest BCUT2D eigenvalue weighted by Crippen LogP contribution is -2.13. The molecule has 18 heavy (non-hydrogen) atoms. The maximum absolute atomic E-state index is 13.1. The lowest BCUT2D eigenvalue weighted by atomic mass is 10.0. The predicted molar refractivity (Wildman–Crippen MR) is 64.8 cm³/mol. The second-order valence-electron chi connectivity index (χ2n) is 4.26. The van der Waals surface area contributed by atoms with Crippen LogP contribution >= 0.6 is 0 Å². The summed E-state index contributed by atoms with van der Waals surface area (Å²) < 4.78 is 27.6. The molecule has 0 aliphatic heterocycles. The molecule has 1 aromatic carbocycles. The molecule has 0 aliphatic carbocycles. The van der Waals surface area contributed by atoms with Crippen LogP contribution in [-0.2, 0) is 13.5 Å². The van der Waals surface area contributed by atoms with Crippen molar-refractivity contribution in [1.82, 2.24) is 9.78 Å². The molecule has 1 heterocycles. The minimum absolute atomic E-state index is 0.310. The topological polar surface area (TPSA) is 43.8 Å². The Morgan fingerprint density at radius 2 is 2.06 bits per heavy atom. The van der Waals surface area contributed by atoms with E-state index in [0.29, 0.717) is 12.0 Å². The number of nitrogens with two attached hydrogens (primary N) is 1. The van der Waals surface area contributed by atoms with Crippen LogP contribution in [0.25, 0.3) is 0 Å². The molecule has 2 N–H and O–H groups in total. The molecule has 5 heteroatoms. The Kier molecular flexibility index (Phi) is 3.72. The molecule has 0 fully saturated rings. The number of aromatic nitrogens is 2. The number of nitrogens with zero attached hydrogens (tertiary/aromatic N) is 2. The molecule has 0 saturated carbocycles. The molecule has 3 nitrogen and oxygen atoms in total. The molecule has 96 valence electrons. The van der Waals surface area contributed by atoms with E-state index in [1.165, 1.54) is 6.07 Å². The molecular weight excluding hydrogens is 236 g/mol. The molecule has 0 aliphatic rings. The first-order chi connectivity index (χ1) is 8.58. The Balaban J connectivity index is 2.01. The Hall–Kier alpha value is -1.75. The highest BCUT2D eigenvalue weighted by molar-refractivity contribution is 5.21. The van der Waals surface area contributed by atoms with E-state index < -0.39 is 11.6 Å². The monoisotopic (exact) mass is 251 g/mol. The van der Waals surface area contributed by atoms with E-state index >= 15 is 0 Å². The molecule has 0 bridgehead atoms. The van der Waals surface area contributed by atoms with E-state index in [1.807, 2.05) is 13.1 Å². The fourth-order valence-electron chi connectivity index (χ4n) is 1.86. The van der Waals surface area contributed by atoms with Crippen molar-refractivity contribution in [3.8, 4) is 0 Å². The molecule has 0 saturated heterocycles. The Labute approximate surface area is 104 Å². The standard InChI is InChI=1S/C13H15F2N3/c1-18-10(6-7-17-18)3-5-13(16)9-2-4-11(14)12(15)8-9/h2,4,6-8,13H,3,5,16H2,1H3. The van der Waals surface area contributed by atoms with Crippen molar-refractivity contribution in [3.63, 3.8) is 0 Å². The van der Waals surface area contributed by atoms with Crippen molar-refractivity contribution in [2.75, 3.05) is 0 Å². The smallest absolute Gasteiger partial charge is 0.159 e. The van der Waals surface area contributed by atoms with Crippen molar-refractivity contribution < 1.29 is 8.78 Å². The summed E-state index contributed by atoms with van der Waals surface area (Å²) in [6.45, 7) is 0. The molecule has 2 aromatic rings. The van der Waals surface area contributed by atoms with Crippen LogP contribution in [0.3, 0.4) is 0 Å². The van der Waals surface area contributed by atoms with Gasteiger partial charge in [0.25, 0.3) is 0 Å². The second kappa shape index (κ2) is 5.27. The lowest BCUT2D eigenvalue weighted by Gasteiger charge is -2.12. The summed E-state index contributed by atoms with van der Waals surface area (Å²) in [4.78, 5) is 0. The van der Waals surface area contributed by atoms with Gasteiger partial charge in [-0.3, -0.25) is 4.68 Å². The van der Waals surface area contributed by atoms with Crippen LogP contribution in [0.15, 0.2) is 30.5 Å². The minimum Gasteiger partial charge on any atom is -0.324 e. The maximum atomic E-state index is 13.1. The molecule has 0 spiro atoms. The first-order valence-electron chi connectivity index (χ1n) is 5.75. The van der Waals surface area contributed by atoms with Crippen LogP contribution in [0, 0.1) is 11.6 Å². The van der Waals surface area contributed by atoms with Gasteiger partial charge in [-0.15, -0.1) is 0 Å². The van der Waals surface area contributed by atoms with E-state index in [9.17, 15) is 8.78 Å². The van der Waals surface area contributed by atoms with Crippen LogP contribution in [0.2, 0.25) is 0 Å². The van der Waals surface area contributed by atoms with Gasteiger partial charge in [-0.25, -0.2) is 8.78 Å². The third-order valence-corrected chi connectivity index (χ3v) is 3.01. The zero-order valence-corrected chi connectivity index (χ0v) is 10.1. The summed E-state index contributed by atoms with van der Waals surface area (Å²) in [6, 6.07) is 5.39. The molecule has 0 amide bonds. The number of benzene rings is 1. The summed E-state index contributed by atoms with van der Waals surface area (Å²) in [6.07, 6.45) is 3.12. The summed E-state index contributed by atoms with van der Waals surface area (Å²) in [5.41, 5.74) is 7.63. The Morgan fingerprint density at radius 3 is 2.67 bits per heavy atom. The maximum Gasteiger partial charge on any atom is 0.159 e. The van der Waals surface area contributed by atoms with Crippen LogP contribution in [0.1, 0.15) is 23.7 Å². The quantitative estimate of drug-likeness (QED) is 0.906. The number of hydrogen-bond acceptors (Lipinski definition) is 2. The number of aryl methyl sites for hydroxylation is 2.